The van der Waals surface area contributed by atoms with Crippen LogP contribution in [0.1, 0.15) is 58.9 Å². The number of halogens is 3. The zero-order valence-corrected chi connectivity index (χ0v) is 26.7. The molecule has 0 spiro atoms. The molecule has 5 aromatic rings. The number of nitrogens with zero attached hydrogens (tertiary/aromatic N) is 4. The second kappa shape index (κ2) is 13.4. The van der Waals surface area contributed by atoms with E-state index in [4.69, 9.17) is 15.5 Å². The summed E-state index contributed by atoms with van der Waals surface area (Å²) >= 11 is 1.03. The number of nitrogens with one attached hydrogen (secondary N) is 2. The number of anilines is 2. The first kappa shape index (κ1) is 31.3. The van der Waals surface area contributed by atoms with E-state index in [2.05, 4.69) is 20.6 Å². The topological polar surface area (TPSA) is 137 Å². The molecule has 236 valence electrons. The molecule has 10 nitrogen and oxygen atoms in total. The third-order valence-electron chi connectivity index (χ3n) is 7.93. The van der Waals surface area contributed by atoms with Gasteiger partial charge in [0, 0.05) is 69.8 Å². The number of imidazole rings is 1. The summed E-state index contributed by atoms with van der Waals surface area (Å²) in [4.78, 5) is 38.8. The van der Waals surface area contributed by atoms with E-state index in [-0.39, 0.29) is 29.9 Å². The minimum Gasteiger partial charge on any atom is -0.445 e. The number of nitrogens with two attached hydrogens (primary N) is 1. The third-order valence-corrected chi connectivity index (χ3v) is 8.56. The largest absolute Gasteiger partial charge is 0.445 e. The highest BCUT2D eigenvalue weighted by Gasteiger charge is 2.30. The molecule has 3 heterocycles. The van der Waals surface area contributed by atoms with E-state index >= 15 is 0 Å². The predicted molar refractivity (Wildman–Crippen MR) is 178 cm³/mol. The first-order valence-electron chi connectivity index (χ1n) is 14.7. The molecule has 2 amide bonds. The van der Waals surface area contributed by atoms with Crippen molar-refractivity contribution in [3.63, 3.8) is 0 Å². The number of hydrogen-bond acceptors (Lipinski definition) is 7. The predicted octanol–water partition coefficient (Wildman–Crippen LogP) is 7.06. The number of carbonyl (C=O) groups is 2. The van der Waals surface area contributed by atoms with E-state index in [0.717, 1.165) is 64.9 Å². The molecule has 1 saturated carbocycles. The van der Waals surface area contributed by atoms with E-state index in [1.165, 1.54) is 12.3 Å². The van der Waals surface area contributed by atoms with Gasteiger partial charge in [-0.2, -0.15) is 8.78 Å². The Balaban J connectivity index is 1.18. The fraction of sp³-hybridized carbons (Fsp3) is 0.242. The van der Waals surface area contributed by atoms with Gasteiger partial charge in [-0.15, -0.1) is 0 Å². The zero-order chi connectivity index (χ0) is 32.3. The van der Waals surface area contributed by atoms with Crippen molar-refractivity contribution in [2.45, 2.75) is 48.2 Å². The molecule has 1 aliphatic carbocycles. The number of carbonyl (C=O) groups excluding carboxylic acids is 2. The summed E-state index contributed by atoms with van der Waals surface area (Å²) in [6.45, 7) is 0.200. The fourth-order valence-corrected chi connectivity index (χ4v) is 6.04. The Morgan fingerprint density at radius 3 is 2.59 bits per heavy atom. The van der Waals surface area contributed by atoms with E-state index in [1.54, 1.807) is 30.5 Å². The number of fused-ring (bicyclic) bond motifs is 1. The summed E-state index contributed by atoms with van der Waals surface area (Å²) in [5.41, 5.74) is 9.30. The average Bonchev–Trinajstić information content (AvgIpc) is 3.45. The van der Waals surface area contributed by atoms with Crippen LogP contribution in [0.15, 0.2) is 85.3 Å². The van der Waals surface area contributed by atoms with Crippen LogP contribution in [0.25, 0.3) is 16.8 Å². The third kappa shape index (κ3) is 7.09. The molecule has 4 N–H and O–H groups in total. The Morgan fingerprint density at radius 1 is 1.04 bits per heavy atom. The van der Waals surface area contributed by atoms with Crippen molar-refractivity contribution in [2.24, 2.45) is 0 Å². The van der Waals surface area contributed by atoms with Crippen molar-refractivity contribution in [3.05, 3.63) is 108 Å². The summed E-state index contributed by atoms with van der Waals surface area (Å²) in [7, 11) is 0. The molecule has 1 fully saturated rings. The SMILES string of the molecule is Nc1nccn2c(C3CCCC(NC(=O)OCc4ccccc4)C3)nc(-c3ccc(C(=O)Nc4cc(C(F)(F)I)ccn4)cc3)c12. The minimum atomic E-state index is -3.09. The first-order valence-corrected chi connectivity index (χ1v) is 15.8. The standard InChI is InChI=1S/C33H30F2IN7O3/c34-33(35,36)24-13-14-38-26(18-24)41-31(44)22-11-9-21(10-12-22)27-28-29(37)39-15-16-43(28)30(42-27)23-7-4-8-25(17-23)40-32(45)46-19-20-5-2-1-3-6-20/h1-3,5-6,9-16,18,23,25H,4,7-8,17,19H2,(H2,37,39)(H,40,45)(H,38,41,44). The molecule has 46 heavy (non-hydrogen) atoms. The second-order valence-electron chi connectivity index (χ2n) is 11.1. The highest BCUT2D eigenvalue weighted by atomic mass is 127. The van der Waals surface area contributed by atoms with Crippen molar-refractivity contribution in [1.82, 2.24) is 24.7 Å². The Morgan fingerprint density at radius 2 is 1.83 bits per heavy atom. The Kier molecular flexibility index (Phi) is 9.10. The van der Waals surface area contributed by atoms with Crippen LogP contribution in [0.2, 0.25) is 0 Å². The van der Waals surface area contributed by atoms with Gasteiger partial charge in [-0.3, -0.25) is 9.20 Å². The molecule has 0 radical (unpaired) electrons. The van der Waals surface area contributed by atoms with Crippen LogP contribution in [0.4, 0.5) is 25.2 Å². The summed E-state index contributed by atoms with van der Waals surface area (Å²) in [5.74, 6) is 0.692. The lowest BCUT2D eigenvalue weighted by molar-refractivity contribution is 0.102. The van der Waals surface area contributed by atoms with E-state index in [0.29, 0.717) is 29.0 Å². The number of ether oxygens (including phenoxy) is 1. The lowest BCUT2D eigenvalue weighted by Gasteiger charge is -2.28. The maximum absolute atomic E-state index is 13.7. The van der Waals surface area contributed by atoms with Gasteiger partial charge in [0.1, 0.15) is 35.3 Å². The van der Waals surface area contributed by atoms with Crippen molar-refractivity contribution < 1.29 is 23.1 Å². The zero-order valence-electron chi connectivity index (χ0n) is 24.5. The molecule has 3 aromatic heterocycles. The van der Waals surface area contributed by atoms with Gasteiger partial charge < -0.3 is 21.1 Å². The van der Waals surface area contributed by atoms with Crippen molar-refractivity contribution in [3.8, 4) is 11.3 Å². The van der Waals surface area contributed by atoms with E-state index in [1.807, 2.05) is 40.9 Å². The molecule has 2 unspecified atom stereocenters. The van der Waals surface area contributed by atoms with Gasteiger partial charge in [0.05, 0.1) is 0 Å². The maximum Gasteiger partial charge on any atom is 0.407 e. The molecule has 0 saturated heterocycles. The summed E-state index contributed by atoms with van der Waals surface area (Å²) in [6, 6.07) is 18.6. The normalized spacial score (nSPS) is 16.6. The second-order valence-corrected chi connectivity index (χ2v) is 12.4. The monoisotopic (exact) mass is 737 g/mol. The quantitative estimate of drug-likeness (QED) is 0.115. The average molecular weight is 738 g/mol. The molecule has 2 aromatic carbocycles. The summed E-state index contributed by atoms with van der Waals surface area (Å²) in [5, 5.41) is 5.59. The van der Waals surface area contributed by atoms with Crippen LogP contribution < -0.4 is 16.4 Å². The van der Waals surface area contributed by atoms with Crippen LogP contribution >= 0.6 is 22.6 Å². The number of hydrogen-bond donors (Lipinski definition) is 3. The number of alkyl halides is 3. The van der Waals surface area contributed by atoms with E-state index in [9.17, 15) is 18.4 Å². The number of aromatic nitrogens is 4. The highest BCUT2D eigenvalue weighted by molar-refractivity contribution is 14.1. The van der Waals surface area contributed by atoms with Gasteiger partial charge in [-0.25, -0.2) is 19.7 Å². The van der Waals surface area contributed by atoms with Crippen molar-refractivity contribution in [2.75, 3.05) is 11.1 Å². The number of alkyl carbamates (subject to hydrolysis) is 1. The van der Waals surface area contributed by atoms with E-state index < -0.39 is 15.9 Å². The molecular formula is C33H30F2IN7O3. The molecule has 0 bridgehead atoms. The highest BCUT2D eigenvalue weighted by Crippen LogP contribution is 2.38. The van der Waals surface area contributed by atoms with Crippen LogP contribution in [0.5, 0.6) is 0 Å². The number of pyridine rings is 1. The van der Waals surface area contributed by atoms with Crippen molar-refractivity contribution >= 4 is 51.7 Å². The number of benzene rings is 2. The van der Waals surface area contributed by atoms with Gasteiger partial charge >= 0.3 is 10.0 Å². The number of rotatable bonds is 8. The van der Waals surface area contributed by atoms with Crippen molar-refractivity contribution in [1.29, 1.82) is 0 Å². The lowest BCUT2D eigenvalue weighted by atomic mass is 9.85. The smallest absolute Gasteiger partial charge is 0.407 e. The fourth-order valence-electron chi connectivity index (χ4n) is 5.71. The molecule has 0 aliphatic heterocycles. The molecular weight excluding hydrogens is 707 g/mol. The summed E-state index contributed by atoms with van der Waals surface area (Å²) in [6.07, 6.45) is 7.52. The van der Waals surface area contributed by atoms with Crippen LogP contribution in [-0.4, -0.2) is 37.4 Å². The summed E-state index contributed by atoms with van der Waals surface area (Å²) < 4.78 is 31.7. The first-order chi connectivity index (χ1) is 22.2. The number of nitrogen functional groups attached to an aromatic ring is 1. The molecule has 1 aliphatic rings. The Bertz CT molecular complexity index is 1860. The molecule has 6 rings (SSSR count). The van der Waals surface area contributed by atoms with Crippen LogP contribution in [0.3, 0.4) is 0 Å². The minimum absolute atomic E-state index is 0.0243. The van der Waals surface area contributed by atoms with Gasteiger partial charge in [0.15, 0.2) is 0 Å². The van der Waals surface area contributed by atoms with Gasteiger partial charge in [-0.05, 0) is 49.1 Å². The van der Waals surface area contributed by atoms with Gasteiger partial charge in [0.2, 0.25) is 0 Å². The van der Waals surface area contributed by atoms with Crippen LogP contribution in [-0.2, 0) is 15.3 Å². The lowest BCUT2D eigenvalue weighted by Crippen LogP contribution is -2.38. The Labute approximate surface area is 276 Å². The molecule has 2 atom stereocenters. The van der Waals surface area contributed by atoms with Crippen LogP contribution in [0, 0.1) is 0 Å². The maximum atomic E-state index is 13.7. The molecule has 13 heteroatoms. The Hall–Kier alpha value is -4.66. The number of amides is 2. The van der Waals surface area contributed by atoms with Gasteiger partial charge in [0.25, 0.3) is 5.91 Å². The van der Waals surface area contributed by atoms with Gasteiger partial charge in [-0.1, -0.05) is 48.9 Å².